The lowest BCUT2D eigenvalue weighted by Crippen LogP contribution is -2.30. The molecule has 0 saturated carbocycles. The lowest BCUT2D eigenvalue weighted by atomic mass is 9.80. The maximum absolute atomic E-state index is 8.99. The molecule has 0 fully saturated rings. The molecule has 13 heavy (non-hydrogen) atoms. The van der Waals surface area contributed by atoms with Crippen molar-refractivity contribution in [3.63, 3.8) is 0 Å². The second-order valence-corrected chi connectivity index (χ2v) is 2.28. The van der Waals surface area contributed by atoms with Gasteiger partial charge in [0.05, 0.1) is 0 Å². The molecule has 2 N–H and O–H groups in total. The minimum absolute atomic E-state index is 0.190. The lowest BCUT2D eigenvalue weighted by Gasteiger charge is -2.02. The third-order valence-corrected chi connectivity index (χ3v) is 1.39. The molecule has 0 atom stereocenters. The van der Waals surface area contributed by atoms with Crippen molar-refractivity contribution in [3.05, 3.63) is 23.5 Å². The Kier molecular flexibility index (Phi) is 1.47. The molecule has 66 valence electrons. The largest absolute Gasteiger partial charge is 0.488 e. The zero-order chi connectivity index (χ0) is 14.1. The molecule has 0 bridgehead atoms. The van der Waals surface area contributed by atoms with Crippen molar-refractivity contribution in [2.75, 3.05) is 0 Å². The van der Waals surface area contributed by atoms with E-state index in [-0.39, 0.29) is 11.2 Å². The molecule has 0 saturated heterocycles. The third-order valence-electron chi connectivity index (χ3n) is 1.39. The van der Waals surface area contributed by atoms with Gasteiger partial charge in [-0.15, -0.1) is 0 Å². The van der Waals surface area contributed by atoms with E-state index in [0.717, 1.165) is 12.1 Å². The molecule has 1 aromatic heterocycles. The van der Waals surface area contributed by atoms with Crippen LogP contribution in [0.5, 0.6) is 0 Å². The average Bonchev–Trinajstić information content (AvgIpc) is 2.26. The van der Waals surface area contributed by atoms with Crippen molar-refractivity contribution in [3.8, 4) is 6.07 Å². The van der Waals surface area contributed by atoms with Gasteiger partial charge in [-0.1, -0.05) is 6.85 Å². The fourth-order valence-electron chi connectivity index (χ4n) is 0.822. The quantitative estimate of drug-likeness (QED) is 0.585. The highest BCUT2D eigenvalue weighted by atomic mass is 16.4. The van der Waals surface area contributed by atoms with Gasteiger partial charge in [0.1, 0.15) is 11.8 Å². The summed E-state index contributed by atoms with van der Waals surface area (Å²) in [5.41, 5.74) is -1.02. The molecule has 4 nitrogen and oxygen atoms in total. The molecule has 0 amide bonds. The van der Waals surface area contributed by atoms with Crippen molar-refractivity contribution in [1.82, 2.24) is 4.98 Å². The van der Waals surface area contributed by atoms with Crippen LogP contribution < -0.4 is 5.46 Å². The van der Waals surface area contributed by atoms with Crippen LogP contribution >= 0.6 is 0 Å². The SMILES string of the molecule is [2H]C([2H])([2H])C([2H])([2H])c1cc(B(O)O)cc(C#N)n1. The second-order valence-electron chi connectivity index (χ2n) is 2.28. The lowest BCUT2D eigenvalue weighted by molar-refractivity contribution is 0.425. The molecule has 1 heterocycles. The fraction of sp³-hybridized carbons (Fsp3) is 0.250. The third kappa shape index (κ3) is 2.28. The molecule has 1 aromatic rings. The van der Waals surface area contributed by atoms with Crippen LogP contribution in [0.2, 0.25) is 0 Å². The molecular formula is C8H9BN2O2. The number of hydrogen-bond acceptors (Lipinski definition) is 4. The number of aryl methyl sites for hydroxylation is 1. The van der Waals surface area contributed by atoms with Gasteiger partial charge in [-0.25, -0.2) is 4.98 Å². The summed E-state index contributed by atoms with van der Waals surface area (Å²) in [5.74, 6) is 0. The molecule has 0 aliphatic rings. The van der Waals surface area contributed by atoms with Crippen molar-refractivity contribution in [2.24, 2.45) is 0 Å². The summed E-state index contributed by atoms with van der Waals surface area (Å²) < 4.78 is 36.3. The summed E-state index contributed by atoms with van der Waals surface area (Å²) in [6.07, 6.45) is -2.79. The zero-order valence-corrected chi connectivity index (χ0v) is 6.52. The standard InChI is InChI=1S/C8H9BN2O2/c1-2-7-3-6(9(12)13)4-8(5-10)11-7/h3-4,12-13H,2H2,1H3/i1D3,2D2. The molecule has 0 spiro atoms. The molecule has 0 radical (unpaired) electrons. The summed E-state index contributed by atoms with van der Waals surface area (Å²) in [7, 11) is -1.94. The highest BCUT2D eigenvalue weighted by Gasteiger charge is 2.13. The summed E-state index contributed by atoms with van der Waals surface area (Å²) in [5, 5.41) is 26.7. The van der Waals surface area contributed by atoms with Gasteiger partial charge >= 0.3 is 7.12 Å². The van der Waals surface area contributed by atoms with E-state index in [1.54, 1.807) is 6.07 Å². The number of nitriles is 1. The normalized spacial score (nSPS) is 17.2. The van der Waals surface area contributed by atoms with Crippen LogP contribution in [-0.2, 0) is 6.37 Å². The highest BCUT2D eigenvalue weighted by Crippen LogP contribution is 1.97. The summed E-state index contributed by atoms with van der Waals surface area (Å²) >= 11 is 0. The van der Waals surface area contributed by atoms with E-state index < -0.39 is 26.0 Å². The molecule has 0 aromatic carbocycles. The molecule has 5 heteroatoms. The molecule has 0 aliphatic carbocycles. The van der Waals surface area contributed by atoms with Crippen LogP contribution in [-0.4, -0.2) is 22.2 Å². The minimum atomic E-state index is -2.98. The number of hydrogen-bond donors (Lipinski definition) is 2. The van der Waals surface area contributed by atoms with E-state index in [1.165, 1.54) is 0 Å². The number of nitrogens with zero attached hydrogens (tertiary/aromatic N) is 2. The predicted octanol–water partition coefficient (Wildman–Crippen LogP) is -0.805. The first-order chi connectivity index (χ1) is 8.09. The monoisotopic (exact) mass is 181 g/mol. The van der Waals surface area contributed by atoms with E-state index in [4.69, 9.17) is 22.2 Å². The van der Waals surface area contributed by atoms with Crippen LogP contribution in [0.1, 0.15) is 25.1 Å². The van der Waals surface area contributed by atoms with Gasteiger partial charge in [0.15, 0.2) is 0 Å². The molecule has 0 unspecified atom stereocenters. The number of pyridine rings is 1. The van der Waals surface area contributed by atoms with Gasteiger partial charge in [0.2, 0.25) is 0 Å². The Bertz CT molecular complexity index is 497. The van der Waals surface area contributed by atoms with Gasteiger partial charge in [-0.05, 0) is 24.0 Å². The Morgan fingerprint density at radius 1 is 1.77 bits per heavy atom. The predicted molar refractivity (Wildman–Crippen MR) is 48.2 cm³/mol. The Labute approximate surface area is 83.6 Å². The van der Waals surface area contributed by atoms with E-state index >= 15 is 0 Å². The Hall–Kier alpha value is -1.38. The van der Waals surface area contributed by atoms with E-state index in [2.05, 4.69) is 4.98 Å². The van der Waals surface area contributed by atoms with Gasteiger partial charge in [0.25, 0.3) is 0 Å². The van der Waals surface area contributed by atoms with Crippen LogP contribution in [0.25, 0.3) is 0 Å². The smallest absolute Gasteiger partial charge is 0.423 e. The van der Waals surface area contributed by atoms with Gasteiger partial charge in [-0.3, -0.25) is 0 Å². The van der Waals surface area contributed by atoms with Gasteiger partial charge in [-0.2, -0.15) is 5.26 Å². The van der Waals surface area contributed by atoms with E-state index in [0.29, 0.717) is 0 Å². The summed E-state index contributed by atoms with van der Waals surface area (Å²) in [6, 6.07) is 3.56. The van der Waals surface area contributed by atoms with Crippen LogP contribution in [0.3, 0.4) is 0 Å². The van der Waals surface area contributed by atoms with E-state index in [9.17, 15) is 0 Å². The molecule has 0 aliphatic heterocycles. The second kappa shape index (κ2) is 4.03. The summed E-state index contributed by atoms with van der Waals surface area (Å²) in [6.45, 7) is -2.98. The van der Waals surface area contributed by atoms with Crippen molar-refractivity contribution < 1.29 is 16.9 Å². The first-order valence-corrected chi connectivity index (χ1v) is 3.38. The van der Waals surface area contributed by atoms with Crippen LogP contribution in [0, 0.1) is 11.3 Å². The first kappa shape index (κ1) is 4.75. The first-order valence-electron chi connectivity index (χ1n) is 5.88. The van der Waals surface area contributed by atoms with Crippen molar-refractivity contribution >= 4 is 12.6 Å². The fourth-order valence-corrected chi connectivity index (χ4v) is 0.822. The Morgan fingerprint density at radius 3 is 3.08 bits per heavy atom. The molecular weight excluding hydrogens is 167 g/mol. The zero-order valence-electron chi connectivity index (χ0n) is 11.5. The minimum Gasteiger partial charge on any atom is -0.423 e. The maximum atomic E-state index is 8.99. The maximum Gasteiger partial charge on any atom is 0.488 e. The Morgan fingerprint density at radius 2 is 2.54 bits per heavy atom. The highest BCUT2D eigenvalue weighted by molar-refractivity contribution is 6.58. The van der Waals surface area contributed by atoms with Crippen LogP contribution in [0.4, 0.5) is 0 Å². The summed E-state index contributed by atoms with van der Waals surface area (Å²) in [4.78, 5) is 3.55. The number of aromatic nitrogens is 1. The Balaban J connectivity index is 3.42. The van der Waals surface area contributed by atoms with Crippen molar-refractivity contribution in [1.29, 1.82) is 5.26 Å². The van der Waals surface area contributed by atoms with Crippen molar-refractivity contribution in [2.45, 2.75) is 13.2 Å². The molecule has 1 rings (SSSR count). The van der Waals surface area contributed by atoms with E-state index in [1.807, 2.05) is 0 Å². The average molecular weight is 181 g/mol. The van der Waals surface area contributed by atoms with Crippen LogP contribution in [0.15, 0.2) is 12.1 Å². The topological polar surface area (TPSA) is 77.1 Å². The van der Waals surface area contributed by atoms with Gasteiger partial charge < -0.3 is 10.0 Å². The number of rotatable bonds is 2. The van der Waals surface area contributed by atoms with Gasteiger partial charge in [0, 0.05) is 12.5 Å².